The number of aromatic amines is 1. The van der Waals surface area contributed by atoms with Crippen LogP contribution in [0.15, 0.2) is 12.1 Å². The Morgan fingerprint density at radius 3 is 2.75 bits per heavy atom. The van der Waals surface area contributed by atoms with Gasteiger partial charge in [0, 0.05) is 36.0 Å². The third kappa shape index (κ3) is 3.16. The van der Waals surface area contributed by atoms with E-state index in [1.165, 1.54) is 0 Å². The van der Waals surface area contributed by atoms with Crippen LogP contribution in [0.25, 0.3) is 0 Å². The molecule has 2 aliphatic heterocycles. The van der Waals surface area contributed by atoms with E-state index in [-0.39, 0.29) is 24.4 Å². The van der Waals surface area contributed by atoms with Gasteiger partial charge in [0.25, 0.3) is 0 Å². The number of carbonyl (C=O) groups is 1. The van der Waals surface area contributed by atoms with Crippen molar-refractivity contribution in [3.8, 4) is 0 Å². The molecule has 3 N–H and O–H groups in total. The minimum absolute atomic E-state index is 0.0920. The summed E-state index contributed by atoms with van der Waals surface area (Å²) in [7, 11) is 0. The van der Waals surface area contributed by atoms with Crippen molar-refractivity contribution in [3.63, 3.8) is 0 Å². The number of H-pyrrole nitrogens is 1. The van der Waals surface area contributed by atoms with Gasteiger partial charge >= 0.3 is 0 Å². The average molecular weight is 411 g/mol. The van der Waals surface area contributed by atoms with Crippen LogP contribution in [0.3, 0.4) is 0 Å². The Bertz CT molecular complexity index is 982. The van der Waals surface area contributed by atoms with Gasteiger partial charge in [-0.1, -0.05) is 0 Å². The van der Waals surface area contributed by atoms with E-state index in [1.807, 2.05) is 0 Å². The lowest BCUT2D eigenvalue weighted by Gasteiger charge is -2.28. The van der Waals surface area contributed by atoms with Crippen LogP contribution in [0.5, 0.6) is 0 Å². The Hall–Kier alpha value is -2.13. The molecule has 1 aromatic carbocycles. The van der Waals surface area contributed by atoms with E-state index in [0.29, 0.717) is 29.4 Å². The van der Waals surface area contributed by atoms with Gasteiger partial charge in [0.1, 0.15) is 5.82 Å². The van der Waals surface area contributed by atoms with E-state index in [0.717, 1.165) is 25.0 Å². The Labute approximate surface area is 164 Å². The number of aromatic nitrogens is 2. The topological polar surface area (TPSA) is 73.0 Å². The molecule has 1 saturated heterocycles. The first-order chi connectivity index (χ1) is 13.4. The quantitative estimate of drug-likeness (QED) is 0.599. The molecule has 0 saturated carbocycles. The predicted octanol–water partition coefficient (Wildman–Crippen LogP) is 3.30. The summed E-state index contributed by atoms with van der Waals surface area (Å²) >= 11 is 5.36. The zero-order valence-corrected chi connectivity index (χ0v) is 15.8. The number of rotatable bonds is 4. The molecule has 1 fully saturated rings. The number of halogens is 3. The van der Waals surface area contributed by atoms with E-state index in [2.05, 4.69) is 4.98 Å². The van der Waals surface area contributed by atoms with Gasteiger partial charge in [-0.05, 0) is 49.5 Å². The highest BCUT2D eigenvalue weighted by molar-refractivity contribution is 7.71. The molecule has 5 nitrogen and oxygen atoms in total. The molecule has 1 amide bonds. The van der Waals surface area contributed by atoms with Crippen molar-refractivity contribution in [2.45, 2.75) is 37.6 Å². The van der Waals surface area contributed by atoms with Crippen LogP contribution >= 0.6 is 12.2 Å². The van der Waals surface area contributed by atoms with Crippen LogP contribution in [0.2, 0.25) is 0 Å². The second kappa shape index (κ2) is 7.36. The first-order valence-corrected chi connectivity index (χ1v) is 9.61. The largest absolute Gasteiger partial charge is 0.381 e. The fourth-order valence-electron chi connectivity index (χ4n) is 4.46. The third-order valence-electron chi connectivity index (χ3n) is 5.74. The highest BCUT2D eigenvalue weighted by atomic mass is 32.1. The number of ether oxygens (including phenoxy) is 1. The molecule has 3 heterocycles. The highest BCUT2D eigenvalue weighted by Crippen LogP contribution is 2.39. The number of imidazole rings is 1. The van der Waals surface area contributed by atoms with Gasteiger partial charge in [0.2, 0.25) is 5.91 Å². The van der Waals surface area contributed by atoms with Crippen molar-refractivity contribution < 1.29 is 22.7 Å². The van der Waals surface area contributed by atoms with Crippen molar-refractivity contribution in [1.82, 2.24) is 9.55 Å². The summed E-state index contributed by atoms with van der Waals surface area (Å²) in [6.45, 7) is 1.26. The van der Waals surface area contributed by atoms with Gasteiger partial charge in [-0.2, -0.15) is 0 Å². The molecular formula is C19H20F3N3O2S. The number of nitrogens with one attached hydrogen (secondary N) is 1. The number of nitrogens with two attached hydrogens (primary N) is 1. The molecule has 150 valence electrons. The Balaban J connectivity index is 1.72. The Morgan fingerprint density at radius 2 is 2.07 bits per heavy atom. The number of nitrogens with zero attached hydrogens (tertiary/aromatic N) is 1. The number of hydrogen-bond acceptors (Lipinski definition) is 3. The lowest BCUT2D eigenvalue weighted by molar-refractivity contribution is -0.122. The van der Waals surface area contributed by atoms with E-state index >= 15 is 0 Å². The number of amides is 1. The van der Waals surface area contributed by atoms with Crippen LogP contribution in [0, 0.1) is 28.1 Å². The molecule has 4 rings (SSSR count). The molecule has 0 spiro atoms. The second-order valence-corrected chi connectivity index (χ2v) is 7.80. The molecule has 28 heavy (non-hydrogen) atoms. The third-order valence-corrected chi connectivity index (χ3v) is 6.06. The van der Waals surface area contributed by atoms with Gasteiger partial charge in [-0.3, -0.25) is 4.79 Å². The van der Waals surface area contributed by atoms with E-state index < -0.39 is 35.2 Å². The standard InChI is InChI=1S/C19H20F3N3O2S/c20-11-3-4-12(21)16(22)14(11)10-6-13-17(24-19(28)25(13)7-10)15(18(23)26)9-2-1-5-27-8-9/h3-4,9-10,15H,1-2,5-8H2,(H2,23,26)(H,24,28)/t9-,10-,15?/m0/s1. The first-order valence-electron chi connectivity index (χ1n) is 9.20. The van der Waals surface area contributed by atoms with Gasteiger partial charge in [0.15, 0.2) is 16.4 Å². The summed E-state index contributed by atoms with van der Waals surface area (Å²) in [5.74, 6) is -4.89. The zero-order chi connectivity index (χ0) is 20.0. The van der Waals surface area contributed by atoms with Gasteiger partial charge < -0.3 is 20.0 Å². The minimum Gasteiger partial charge on any atom is -0.381 e. The smallest absolute Gasteiger partial charge is 0.226 e. The minimum atomic E-state index is -1.18. The number of benzene rings is 1. The maximum Gasteiger partial charge on any atom is 0.226 e. The summed E-state index contributed by atoms with van der Waals surface area (Å²) in [6, 6.07) is 1.70. The zero-order valence-electron chi connectivity index (χ0n) is 15.0. The Morgan fingerprint density at radius 1 is 1.32 bits per heavy atom. The van der Waals surface area contributed by atoms with Crippen molar-refractivity contribution in [3.05, 3.63) is 51.3 Å². The van der Waals surface area contributed by atoms with E-state index in [9.17, 15) is 18.0 Å². The van der Waals surface area contributed by atoms with E-state index in [4.69, 9.17) is 22.7 Å². The summed E-state index contributed by atoms with van der Waals surface area (Å²) in [6.07, 6.45) is 1.85. The fraction of sp³-hybridized carbons (Fsp3) is 0.474. The summed E-state index contributed by atoms with van der Waals surface area (Å²) in [5, 5.41) is 0. The van der Waals surface area contributed by atoms with Crippen LogP contribution in [-0.2, 0) is 22.5 Å². The van der Waals surface area contributed by atoms with Crippen LogP contribution in [-0.4, -0.2) is 28.7 Å². The predicted molar refractivity (Wildman–Crippen MR) is 97.9 cm³/mol. The van der Waals surface area contributed by atoms with Gasteiger partial charge in [0.05, 0.1) is 12.5 Å². The first kappa shape index (κ1) is 19.2. The molecule has 2 aromatic rings. The maximum absolute atomic E-state index is 14.3. The number of primary amides is 1. The van der Waals surface area contributed by atoms with Crippen molar-refractivity contribution >= 4 is 18.1 Å². The van der Waals surface area contributed by atoms with Crippen molar-refractivity contribution in [2.75, 3.05) is 13.2 Å². The molecule has 2 aliphatic rings. The van der Waals surface area contributed by atoms with Crippen LogP contribution in [0.1, 0.15) is 41.6 Å². The lowest BCUT2D eigenvalue weighted by atomic mass is 9.83. The molecule has 1 aromatic heterocycles. The monoisotopic (exact) mass is 411 g/mol. The average Bonchev–Trinajstić information content (AvgIpc) is 3.21. The van der Waals surface area contributed by atoms with Gasteiger partial charge in [-0.15, -0.1) is 0 Å². The SMILES string of the molecule is NC(=O)C(c1[nH]c(=S)n2c1C[C@H](c1c(F)ccc(F)c1F)C2)[C@H]1CCCOC1. The molecule has 3 atom stereocenters. The maximum atomic E-state index is 14.3. The molecule has 0 aliphatic carbocycles. The van der Waals surface area contributed by atoms with Crippen LogP contribution < -0.4 is 5.73 Å². The molecule has 0 radical (unpaired) electrons. The molecule has 9 heteroatoms. The highest BCUT2D eigenvalue weighted by Gasteiger charge is 2.38. The lowest BCUT2D eigenvalue weighted by Crippen LogP contribution is -2.33. The number of carbonyl (C=O) groups excluding carboxylic acids is 1. The summed E-state index contributed by atoms with van der Waals surface area (Å²) in [5.41, 5.74) is 6.66. The van der Waals surface area contributed by atoms with Gasteiger partial charge in [-0.25, -0.2) is 13.2 Å². The van der Waals surface area contributed by atoms with Crippen LogP contribution in [0.4, 0.5) is 13.2 Å². The molecule has 1 unspecified atom stereocenters. The molecular weight excluding hydrogens is 391 g/mol. The second-order valence-electron chi connectivity index (χ2n) is 7.42. The normalized spacial score (nSPS) is 22.8. The number of hydrogen-bond donors (Lipinski definition) is 2. The fourth-order valence-corrected chi connectivity index (χ4v) is 4.76. The Kier molecular flexibility index (Phi) is 5.05. The number of fused-ring (bicyclic) bond motifs is 1. The van der Waals surface area contributed by atoms with E-state index in [1.54, 1.807) is 4.57 Å². The van der Waals surface area contributed by atoms with Crippen molar-refractivity contribution in [1.29, 1.82) is 0 Å². The van der Waals surface area contributed by atoms with Crippen molar-refractivity contribution in [2.24, 2.45) is 11.7 Å². The summed E-state index contributed by atoms with van der Waals surface area (Å²) < 4.78 is 49.8. The summed E-state index contributed by atoms with van der Waals surface area (Å²) in [4.78, 5) is 15.3. The molecule has 0 bridgehead atoms.